The predicted molar refractivity (Wildman–Crippen MR) is 48.4 cm³/mol. The van der Waals surface area contributed by atoms with Crippen molar-refractivity contribution in [3.63, 3.8) is 0 Å². The number of ether oxygens (including phenoxy) is 1. The van der Waals surface area contributed by atoms with Crippen molar-refractivity contribution in [2.24, 2.45) is 0 Å². The average molecular weight is 199 g/mol. The second-order valence-corrected chi connectivity index (χ2v) is 3.21. The molecular weight excluding hydrogens is 188 g/mol. The zero-order valence-electron chi connectivity index (χ0n) is 7.54. The smallest absolute Gasteiger partial charge is 0.387 e. The molecule has 1 aromatic rings. The summed E-state index contributed by atoms with van der Waals surface area (Å²) in [6.07, 6.45) is 0.976. The molecule has 1 N–H and O–H groups in total. The summed E-state index contributed by atoms with van der Waals surface area (Å²) in [5.41, 5.74) is 0.819. The quantitative estimate of drug-likeness (QED) is 0.806. The van der Waals surface area contributed by atoms with E-state index in [1.165, 1.54) is 0 Å². The zero-order chi connectivity index (χ0) is 9.97. The molecule has 0 spiro atoms. The maximum Gasteiger partial charge on any atom is 0.387 e. The van der Waals surface area contributed by atoms with Gasteiger partial charge in [0.2, 0.25) is 0 Å². The van der Waals surface area contributed by atoms with Crippen LogP contribution in [0.4, 0.5) is 8.78 Å². The largest absolute Gasteiger partial charge is 0.434 e. The Labute approximate surface area is 80.9 Å². The van der Waals surface area contributed by atoms with Crippen LogP contribution in [-0.2, 0) is 0 Å². The molecule has 1 aliphatic heterocycles. The summed E-state index contributed by atoms with van der Waals surface area (Å²) < 4.78 is 28.5. The van der Waals surface area contributed by atoms with Crippen molar-refractivity contribution in [1.29, 1.82) is 0 Å². The molecule has 0 saturated carbocycles. The summed E-state index contributed by atoms with van der Waals surface area (Å²) in [7, 11) is 0. The first-order valence-corrected chi connectivity index (χ1v) is 4.54. The van der Waals surface area contributed by atoms with E-state index in [0.29, 0.717) is 0 Å². The Kier molecular flexibility index (Phi) is 2.63. The lowest BCUT2D eigenvalue weighted by Gasteiger charge is -2.29. The van der Waals surface area contributed by atoms with E-state index in [4.69, 9.17) is 0 Å². The first kappa shape index (κ1) is 9.40. The van der Waals surface area contributed by atoms with Gasteiger partial charge < -0.3 is 10.1 Å². The number of benzene rings is 1. The molecule has 0 amide bonds. The minimum absolute atomic E-state index is 0.171. The summed E-state index contributed by atoms with van der Waals surface area (Å²) in [5.74, 6) is 0.278. The summed E-state index contributed by atoms with van der Waals surface area (Å²) in [6.45, 7) is -1.82. The summed E-state index contributed by atoms with van der Waals surface area (Å²) in [4.78, 5) is 0. The first-order valence-electron chi connectivity index (χ1n) is 4.54. The second-order valence-electron chi connectivity index (χ2n) is 3.21. The molecule has 0 aliphatic carbocycles. The maximum absolute atomic E-state index is 12.0. The molecule has 2 rings (SSSR count). The van der Waals surface area contributed by atoms with Crippen molar-refractivity contribution in [2.45, 2.75) is 19.1 Å². The van der Waals surface area contributed by atoms with E-state index in [9.17, 15) is 8.78 Å². The van der Waals surface area contributed by atoms with Crippen molar-refractivity contribution >= 4 is 0 Å². The lowest BCUT2D eigenvalue weighted by atomic mass is 9.97. The molecule has 1 aliphatic rings. The topological polar surface area (TPSA) is 21.3 Å². The number of para-hydroxylation sites is 1. The van der Waals surface area contributed by atoms with Gasteiger partial charge in [-0.3, -0.25) is 0 Å². The van der Waals surface area contributed by atoms with Gasteiger partial charge in [-0.05, 0) is 19.0 Å². The third kappa shape index (κ3) is 1.85. The van der Waals surface area contributed by atoms with Gasteiger partial charge in [-0.2, -0.15) is 8.78 Å². The van der Waals surface area contributed by atoms with E-state index >= 15 is 0 Å². The third-order valence-corrected chi connectivity index (χ3v) is 2.33. The minimum Gasteiger partial charge on any atom is -0.434 e. The molecule has 0 bridgehead atoms. The van der Waals surface area contributed by atoms with Crippen LogP contribution in [0.15, 0.2) is 24.3 Å². The van der Waals surface area contributed by atoms with Gasteiger partial charge in [0.05, 0.1) is 0 Å². The van der Waals surface area contributed by atoms with Gasteiger partial charge in [-0.1, -0.05) is 18.2 Å². The molecule has 0 radical (unpaired) electrons. The Hall–Kier alpha value is -1.16. The number of rotatable bonds is 3. The second kappa shape index (κ2) is 3.92. The molecule has 1 atom stereocenters. The van der Waals surface area contributed by atoms with Crippen molar-refractivity contribution in [2.75, 3.05) is 6.54 Å². The van der Waals surface area contributed by atoms with Gasteiger partial charge >= 0.3 is 6.61 Å². The first-order chi connectivity index (χ1) is 6.77. The summed E-state index contributed by atoms with van der Waals surface area (Å²) in [5, 5.41) is 3.15. The van der Waals surface area contributed by atoms with Crippen LogP contribution in [0.5, 0.6) is 5.75 Å². The Balaban J connectivity index is 2.19. The van der Waals surface area contributed by atoms with Crippen molar-refractivity contribution in [1.82, 2.24) is 5.32 Å². The summed E-state index contributed by atoms with van der Waals surface area (Å²) >= 11 is 0. The fourth-order valence-corrected chi connectivity index (χ4v) is 1.53. The van der Waals surface area contributed by atoms with E-state index in [1.807, 2.05) is 12.1 Å². The molecule has 76 valence electrons. The van der Waals surface area contributed by atoms with Gasteiger partial charge in [0.25, 0.3) is 0 Å². The molecule has 1 heterocycles. The van der Waals surface area contributed by atoms with E-state index in [0.717, 1.165) is 18.5 Å². The highest BCUT2D eigenvalue weighted by atomic mass is 19.3. The maximum atomic E-state index is 12.0. The monoisotopic (exact) mass is 199 g/mol. The molecule has 1 fully saturated rings. The Morgan fingerprint density at radius 2 is 2.07 bits per heavy atom. The zero-order valence-corrected chi connectivity index (χ0v) is 7.54. The SMILES string of the molecule is FC(F)Oc1ccccc1[C@H]1CCN1. The van der Waals surface area contributed by atoms with Crippen LogP contribution in [0.3, 0.4) is 0 Å². The van der Waals surface area contributed by atoms with Crippen LogP contribution < -0.4 is 10.1 Å². The van der Waals surface area contributed by atoms with Crippen LogP contribution >= 0.6 is 0 Å². The van der Waals surface area contributed by atoms with Crippen LogP contribution in [0.1, 0.15) is 18.0 Å². The average Bonchev–Trinajstić information content (AvgIpc) is 2.04. The Morgan fingerprint density at radius 3 is 2.64 bits per heavy atom. The standard InChI is InChI=1S/C10H11F2NO/c11-10(12)14-9-4-2-1-3-7(9)8-5-6-13-8/h1-4,8,10,13H,5-6H2/t8-/m1/s1. The van der Waals surface area contributed by atoms with Crippen molar-refractivity contribution in [3.05, 3.63) is 29.8 Å². The highest BCUT2D eigenvalue weighted by Crippen LogP contribution is 2.31. The van der Waals surface area contributed by atoms with Gasteiger partial charge in [0.1, 0.15) is 5.75 Å². The Morgan fingerprint density at radius 1 is 1.36 bits per heavy atom. The van der Waals surface area contributed by atoms with Crippen LogP contribution in [0.2, 0.25) is 0 Å². The number of hydrogen-bond donors (Lipinski definition) is 1. The minimum atomic E-state index is -2.75. The van der Waals surface area contributed by atoms with E-state index in [-0.39, 0.29) is 11.8 Å². The molecule has 1 saturated heterocycles. The van der Waals surface area contributed by atoms with Crippen LogP contribution in [0, 0.1) is 0 Å². The fraction of sp³-hybridized carbons (Fsp3) is 0.400. The van der Waals surface area contributed by atoms with Gasteiger partial charge in [-0.25, -0.2) is 0 Å². The molecule has 14 heavy (non-hydrogen) atoms. The molecule has 0 unspecified atom stereocenters. The van der Waals surface area contributed by atoms with Crippen molar-refractivity contribution < 1.29 is 13.5 Å². The number of hydrogen-bond acceptors (Lipinski definition) is 2. The van der Waals surface area contributed by atoms with E-state index in [2.05, 4.69) is 10.1 Å². The third-order valence-electron chi connectivity index (χ3n) is 2.33. The number of nitrogens with one attached hydrogen (secondary N) is 1. The van der Waals surface area contributed by atoms with E-state index < -0.39 is 6.61 Å². The fourth-order valence-electron chi connectivity index (χ4n) is 1.53. The predicted octanol–water partition coefficient (Wildman–Crippen LogP) is 2.32. The number of halogens is 2. The molecule has 1 aromatic carbocycles. The highest BCUT2D eigenvalue weighted by molar-refractivity contribution is 5.36. The van der Waals surface area contributed by atoms with Crippen LogP contribution in [-0.4, -0.2) is 13.2 Å². The summed E-state index contributed by atoms with van der Waals surface area (Å²) in [6, 6.07) is 7.08. The van der Waals surface area contributed by atoms with Crippen molar-refractivity contribution in [3.8, 4) is 5.75 Å². The molecule has 0 aromatic heterocycles. The van der Waals surface area contributed by atoms with Gasteiger partial charge in [-0.15, -0.1) is 0 Å². The highest BCUT2D eigenvalue weighted by Gasteiger charge is 2.22. The Bertz CT molecular complexity index is 313. The van der Waals surface area contributed by atoms with Gasteiger partial charge in [0, 0.05) is 11.6 Å². The molecule has 4 heteroatoms. The van der Waals surface area contributed by atoms with E-state index in [1.54, 1.807) is 12.1 Å². The lowest BCUT2D eigenvalue weighted by Crippen LogP contribution is -2.35. The normalized spacial score (nSPS) is 20.6. The van der Waals surface area contributed by atoms with Crippen LogP contribution in [0.25, 0.3) is 0 Å². The molecule has 2 nitrogen and oxygen atoms in total. The lowest BCUT2D eigenvalue weighted by molar-refractivity contribution is -0.0509. The number of alkyl halides is 2. The van der Waals surface area contributed by atoms with Gasteiger partial charge in [0.15, 0.2) is 0 Å². The molecular formula is C10H11F2NO.